The number of rotatable bonds is 5. The zero-order chi connectivity index (χ0) is 12.1. The van der Waals surface area contributed by atoms with E-state index in [1.807, 2.05) is 0 Å². The molecule has 1 fully saturated rings. The molecule has 0 radical (unpaired) electrons. The van der Waals surface area contributed by atoms with Crippen molar-refractivity contribution in [2.75, 3.05) is 0 Å². The molecular weight excluding hydrogens is 217 g/mol. The molecule has 0 spiro atoms. The van der Waals surface area contributed by atoms with E-state index in [-0.39, 0.29) is 8.07 Å². The van der Waals surface area contributed by atoms with Crippen LogP contribution in [-0.2, 0) is 4.79 Å². The Hall–Kier alpha value is -0.100. The van der Waals surface area contributed by atoms with E-state index in [1.54, 1.807) is 0 Å². The van der Waals surface area contributed by atoms with Crippen LogP contribution in [0, 0.1) is 0 Å². The van der Waals surface area contributed by atoms with Crippen LogP contribution in [0.4, 0.5) is 0 Å². The van der Waals surface area contributed by atoms with Crippen LogP contribution in [0.3, 0.4) is 0 Å². The molecule has 0 aliphatic heterocycles. The summed E-state index contributed by atoms with van der Waals surface area (Å²) >= 11 is 0. The first-order valence-corrected chi connectivity index (χ1v) is 8.03. The molecule has 1 amide bonds. The SMILES string of the molecule is CC(C)P(C(C)C)N(C=O)C1CCCCC1. The summed E-state index contributed by atoms with van der Waals surface area (Å²) in [7, 11) is -0.300. The second-order valence-electron chi connectivity index (χ2n) is 5.34. The number of carbonyl (C=O) groups is 1. The average Bonchev–Trinajstić information content (AvgIpc) is 2.25. The fourth-order valence-corrected chi connectivity index (χ4v) is 5.78. The lowest BCUT2D eigenvalue weighted by atomic mass is 9.96. The van der Waals surface area contributed by atoms with Gasteiger partial charge in [-0.1, -0.05) is 47.0 Å². The molecule has 0 aromatic rings. The molecule has 0 atom stereocenters. The summed E-state index contributed by atoms with van der Waals surface area (Å²) in [5, 5.41) is 0. The molecule has 1 aliphatic carbocycles. The maximum atomic E-state index is 11.4. The summed E-state index contributed by atoms with van der Waals surface area (Å²) in [5.41, 5.74) is 1.23. The molecule has 0 saturated heterocycles. The van der Waals surface area contributed by atoms with Gasteiger partial charge in [0.1, 0.15) is 0 Å². The third-order valence-electron chi connectivity index (χ3n) is 3.38. The van der Waals surface area contributed by atoms with Gasteiger partial charge in [-0.05, 0) is 32.2 Å². The first-order valence-electron chi connectivity index (χ1n) is 6.59. The van der Waals surface area contributed by atoms with Gasteiger partial charge in [0.05, 0.1) is 0 Å². The molecule has 0 unspecified atom stereocenters. The van der Waals surface area contributed by atoms with Crippen molar-refractivity contribution >= 4 is 14.5 Å². The standard InChI is InChI=1S/C13H26NOP/c1-11(2)16(12(3)4)14(10-15)13-8-6-5-7-9-13/h10-13H,5-9H2,1-4H3. The van der Waals surface area contributed by atoms with E-state index in [0.29, 0.717) is 17.4 Å². The Labute approximate surface area is 102 Å². The van der Waals surface area contributed by atoms with Gasteiger partial charge in [0, 0.05) is 6.04 Å². The topological polar surface area (TPSA) is 20.3 Å². The van der Waals surface area contributed by atoms with Crippen molar-refractivity contribution in [2.24, 2.45) is 0 Å². The van der Waals surface area contributed by atoms with Crippen LogP contribution in [0.15, 0.2) is 0 Å². The van der Waals surface area contributed by atoms with Crippen molar-refractivity contribution in [2.45, 2.75) is 77.2 Å². The van der Waals surface area contributed by atoms with E-state index >= 15 is 0 Å². The second-order valence-corrected chi connectivity index (χ2v) is 8.63. The minimum absolute atomic E-state index is 0.300. The normalized spacial score (nSPS) is 18.4. The molecule has 0 aromatic heterocycles. The Morgan fingerprint density at radius 3 is 1.94 bits per heavy atom. The first kappa shape index (κ1) is 14.0. The minimum atomic E-state index is -0.300. The molecule has 0 bridgehead atoms. The Kier molecular flexibility index (Phi) is 5.75. The van der Waals surface area contributed by atoms with Crippen molar-refractivity contribution in [3.8, 4) is 0 Å². The van der Waals surface area contributed by atoms with Gasteiger partial charge in [-0.3, -0.25) is 4.79 Å². The van der Waals surface area contributed by atoms with Crippen LogP contribution in [0.5, 0.6) is 0 Å². The van der Waals surface area contributed by atoms with E-state index in [1.165, 1.54) is 32.1 Å². The molecule has 2 nitrogen and oxygen atoms in total. The molecule has 94 valence electrons. The lowest BCUT2D eigenvalue weighted by Gasteiger charge is -2.41. The number of amides is 1. The maximum absolute atomic E-state index is 11.4. The summed E-state index contributed by atoms with van der Waals surface area (Å²) < 4.78 is 2.18. The summed E-state index contributed by atoms with van der Waals surface area (Å²) in [4.78, 5) is 11.4. The molecular formula is C13H26NOP. The van der Waals surface area contributed by atoms with Crippen molar-refractivity contribution in [3.63, 3.8) is 0 Å². The van der Waals surface area contributed by atoms with Crippen LogP contribution in [0.25, 0.3) is 0 Å². The van der Waals surface area contributed by atoms with Crippen molar-refractivity contribution < 1.29 is 4.79 Å². The van der Waals surface area contributed by atoms with Gasteiger partial charge in [-0.15, -0.1) is 0 Å². The van der Waals surface area contributed by atoms with Gasteiger partial charge >= 0.3 is 0 Å². The van der Waals surface area contributed by atoms with Crippen LogP contribution in [0.1, 0.15) is 59.8 Å². The van der Waals surface area contributed by atoms with Crippen LogP contribution < -0.4 is 0 Å². The van der Waals surface area contributed by atoms with E-state index in [2.05, 4.69) is 32.4 Å². The van der Waals surface area contributed by atoms with Gasteiger partial charge in [0.15, 0.2) is 0 Å². The van der Waals surface area contributed by atoms with Gasteiger partial charge in [0.25, 0.3) is 0 Å². The number of carbonyl (C=O) groups excluding carboxylic acids is 1. The quantitative estimate of drug-likeness (QED) is 0.528. The monoisotopic (exact) mass is 243 g/mol. The highest BCUT2D eigenvalue weighted by Crippen LogP contribution is 2.51. The summed E-state index contributed by atoms with van der Waals surface area (Å²) in [5.74, 6) is 0. The largest absolute Gasteiger partial charge is 0.321 e. The van der Waals surface area contributed by atoms with Gasteiger partial charge in [-0.2, -0.15) is 0 Å². The van der Waals surface area contributed by atoms with Gasteiger partial charge in [0.2, 0.25) is 6.41 Å². The second kappa shape index (κ2) is 6.59. The summed E-state index contributed by atoms with van der Waals surface area (Å²) in [6.45, 7) is 9.02. The number of hydrogen-bond acceptors (Lipinski definition) is 1. The Morgan fingerprint density at radius 1 is 1.06 bits per heavy atom. The lowest BCUT2D eigenvalue weighted by molar-refractivity contribution is -0.115. The van der Waals surface area contributed by atoms with Crippen molar-refractivity contribution in [1.82, 2.24) is 4.67 Å². The third kappa shape index (κ3) is 3.45. The zero-order valence-corrected chi connectivity index (χ0v) is 12.0. The number of nitrogens with zero attached hydrogens (tertiary/aromatic N) is 1. The highest BCUT2D eigenvalue weighted by Gasteiger charge is 2.30. The fraction of sp³-hybridized carbons (Fsp3) is 0.923. The summed E-state index contributed by atoms with van der Waals surface area (Å²) in [6.07, 6.45) is 7.52. The van der Waals surface area contributed by atoms with Crippen LogP contribution >= 0.6 is 8.07 Å². The number of hydrogen-bond donors (Lipinski definition) is 0. The molecule has 0 aromatic carbocycles. The highest BCUT2D eigenvalue weighted by atomic mass is 31.1. The predicted octanol–water partition coefficient (Wildman–Crippen LogP) is 3.99. The van der Waals surface area contributed by atoms with E-state index in [0.717, 1.165) is 6.41 Å². The Bertz CT molecular complexity index is 204. The minimum Gasteiger partial charge on any atom is -0.321 e. The molecule has 1 rings (SSSR count). The Balaban J connectivity index is 2.72. The average molecular weight is 243 g/mol. The van der Waals surface area contributed by atoms with Gasteiger partial charge < -0.3 is 4.67 Å². The van der Waals surface area contributed by atoms with E-state index in [9.17, 15) is 4.79 Å². The van der Waals surface area contributed by atoms with Gasteiger partial charge in [-0.25, -0.2) is 0 Å². The van der Waals surface area contributed by atoms with Crippen molar-refractivity contribution in [3.05, 3.63) is 0 Å². The predicted molar refractivity (Wildman–Crippen MR) is 72.0 cm³/mol. The molecule has 3 heteroatoms. The van der Waals surface area contributed by atoms with E-state index in [4.69, 9.17) is 0 Å². The third-order valence-corrected chi connectivity index (χ3v) is 6.45. The first-order chi connectivity index (χ1) is 7.57. The zero-order valence-electron chi connectivity index (χ0n) is 11.1. The molecule has 1 saturated carbocycles. The van der Waals surface area contributed by atoms with Crippen molar-refractivity contribution in [1.29, 1.82) is 0 Å². The molecule has 1 aliphatic rings. The maximum Gasteiger partial charge on any atom is 0.213 e. The van der Waals surface area contributed by atoms with Crippen LogP contribution in [-0.4, -0.2) is 28.4 Å². The summed E-state index contributed by atoms with van der Waals surface area (Å²) in [6, 6.07) is 0.530. The Morgan fingerprint density at radius 2 is 1.56 bits per heavy atom. The molecule has 0 N–H and O–H groups in total. The van der Waals surface area contributed by atoms with Crippen LogP contribution in [0.2, 0.25) is 0 Å². The highest BCUT2D eigenvalue weighted by molar-refractivity contribution is 7.57. The fourth-order valence-electron chi connectivity index (χ4n) is 2.80. The smallest absolute Gasteiger partial charge is 0.213 e. The van der Waals surface area contributed by atoms with E-state index < -0.39 is 0 Å². The molecule has 0 heterocycles. The molecule has 16 heavy (non-hydrogen) atoms. The lowest BCUT2D eigenvalue weighted by Crippen LogP contribution is -2.35.